The van der Waals surface area contributed by atoms with Crippen LogP contribution in [0.1, 0.15) is 44.0 Å². The molecule has 0 amide bonds. The van der Waals surface area contributed by atoms with E-state index < -0.39 is 0 Å². The maximum Gasteiger partial charge on any atom is 0.185 e. The van der Waals surface area contributed by atoms with Crippen molar-refractivity contribution in [2.45, 2.75) is 46.6 Å². The molecule has 8 heteroatoms. The number of nitrogens with zero attached hydrogens (tertiary/aromatic N) is 5. The highest BCUT2D eigenvalue weighted by Crippen LogP contribution is 2.39. The fraction of sp³-hybridized carbons (Fsp3) is 0.407. The van der Waals surface area contributed by atoms with E-state index in [1.807, 2.05) is 6.20 Å². The summed E-state index contributed by atoms with van der Waals surface area (Å²) in [5.74, 6) is 2.00. The van der Waals surface area contributed by atoms with Gasteiger partial charge in [-0.05, 0) is 55.4 Å². The Bertz CT molecular complexity index is 1400. The highest BCUT2D eigenvalue weighted by atomic mass is 32.1. The fourth-order valence-corrected chi connectivity index (χ4v) is 5.95. The molecule has 0 fully saturated rings. The summed E-state index contributed by atoms with van der Waals surface area (Å²) >= 11 is 1.59. The highest BCUT2D eigenvalue weighted by Gasteiger charge is 2.30. The Kier molecular flexibility index (Phi) is 5.56. The van der Waals surface area contributed by atoms with Gasteiger partial charge in [0.25, 0.3) is 0 Å². The molecular weight excluding hydrogens is 456 g/mol. The lowest BCUT2D eigenvalue weighted by atomic mass is 9.76. The van der Waals surface area contributed by atoms with Gasteiger partial charge < -0.3 is 15.0 Å². The highest BCUT2D eigenvalue weighted by molar-refractivity contribution is 7.21. The average molecular weight is 487 g/mol. The van der Waals surface area contributed by atoms with Crippen LogP contribution in [0.3, 0.4) is 0 Å². The van der Waals surface area contributed by atoms with Gasteiger partial charge in [-0.3, -0.25) is 0 Å². The van der Waals surface area contributed by atoms with Crippen molar-refractivity contribution in [2.75, 3.05) is 29.9 Å². The molecule has 0 saturated carbocycles. The van der Waals surface area contributed by atoms with E-state index in [0.29, 0.717) is 6.61 Å². The number of nitrogens with one attached hydrogen (secondary N) is 1. The van der Waals surface area contributed by atoms with Crippen LogP contribution < -0.4 is 15.0 Å². The molecule has 0 atom stereocenters. The number of aryl methyl sites for hydroxylation is 1. The van der Waals surface area contributed by atoms with Crippen LogP contribution in [0.15, 0.2) is 36.8 Å². The molecule has 1 aliphatic heterocycles. The van der Waals surface area contributed by atoms with E-state index in [1.54, 1.807) is 17.7 Å². The van der Waals surface area contributed by atoms with Crippen molar-refractivity contribution in [3.63, 3.8) is 0 Å². The van der Waals surface area contributed by atoms with Crippen LogP contribution in [0.2, 0.25) is 0 Å². The largest absolute Gasteiger partial charge is 0.491 e. The summed E-state index contributed by atoms with van der Waals surface area (Å²) < 4.78 is 6.16. The third kappa shape index (κ3) is 4.31. The Morgan fingerprint density at radius 1 is 1.14 bits per heavy atom. The number of aromatic nitrogens is 4. The first-order valence-corrected chi connectivity index (χ1v) is 13.1. The molecule has 1 N–H and O–H groups in total. The molecule has 35 heavy (non-hydrogen) atoms. The van der Waals surface area contributed by atoms with E-state index >= 15 is 0 Å². The molecule has 1 aliphatic carbocycles. The van der Waals surface area contributed by atoms with Gasteiger partial charge in [0.15, 0.2) is 5.13 Å². The number of hydrogen-bond donors (Lipinski definition) is 1. The van der Waals surface area contributed by atoms with Crippen LogP contribution in [0.25, 0.3) is 21.5 Å². The molecule has 4 aromatic rings. The summed E-state index contributed by atoms with van der Waals surface area (Å²) in [6.45, 7) is 9.79. The third-order valence-corrected chi connectivity index (χ3v) is 7.89. The van der Waals surface area contributed by atoms with Gasteiger partial charge in [0.1, 0.15) is 34.8 Å². The van der Waals surface area contributed by atoms with Crippen molar-refractivity contribution in [1.82, 2.24) is 19.9 Å². The van der Waals surface area contributed by atoms with Crippen molar-refractivity contribution in [3.8, 4) is 16.9 Å². The number of benzene rings is 1. The Balaban J connectivity index is 1.33. The van der Waals surface area contributed by atoms with Crippen LogP contribution in [0, 0.1) is 5.41 Å². The number of anilines is 2. The van der Waals surface area contributed by atoms with E-state index in [-0.39, 0.29) is 5.41 Å². The smallest absolute Gasteiger partial charge is 0.185 e. The molecule has 0 saturated heterocycles. The summed E-state index contributed by atoms with van der Waals surface area (Å²) in [4.78, 5) is 22.1. The lowest BCUT2D eigenvalue weighted by Gasteiger charge is -2.33. The zero-order valence-corrected chi connectivity index (χ0v) is 21.3. The van der Waals surface area contributed by atoms with Gasteiger partial charge in [0.2, 0.25) is 0 Å². The molecule has 3 aromatic heterocycles. The van der Waals surface area contributed by atoms with E-state index in [9.17, 15) is 0 Å². The topological polar surface area (TPSA) is 76.1 Å². The molecule has 7 nitrogen and oxygen atoms in total. The van der Waals surface area contributed by atoms with E-state index in [1.165, 1.54) is 17.7 Å². The predicted molar refractivity (Wildman–Crippen MR) is 141 cm³/mol. The van der Waals surface area contributed by atoms with Gasteiger partial charge in [0.05, 0.1) is 6.54 Å². The fourth-order valence-electron chi connectivity index (χ4n) is 5.09. The van der Waals surface area contributed by atoms with Gasteiger partial charge in [0, 0.05) is 41.7 Å². The molecular formula is C27H30N6OS. The molecule has 0 spiro atoms. The lowest BCUT2D eigenvalue weighted by Crippen LogP contribution is -2.31. The maximum atomic E-state index is 6.16. The summed E-state index contributed by atoms with van der Waals surface area (Å²) in [5.41, 5.74) is 7.04. The summed E-state index contributed by atoms with van der Waals surface area (Å²) in [6, 6.07) is 8.55. The molecule has 0 bridgehead atoms. The summed E-state index contributed by atoms with van der Waals surface area (Å²) in [7, 11) is 0. The number of hydrogen-bond acceptors (Lipinski definition) is 8. The van der Waals surface area contributed by atoms with Crippen LogP contribution in [-0.4, -0.2) is 39.6 Å². The summed E-state index contributed by atoms with van der Waals surface area (Å²) in [5, 5.41) is 4.20. The second kappa shape index (κ2) is 8.75. The average Bonchev–Trinajstić information content (AvgIpc) is 3.12. The summed E-state index contributed by atoms with van der Waals surface area (Å²) in [6.07, 6.45) is 6.86. The van der Waals surface area contributed by atoms with Crippen LogP contribution in [-0.2, 0) is 19.4 Å². The molecule has 2 aliphatic rings. The number of pyridine rings is 1. The zero-order chi connectivity index (χ0) is 24.0. The Hall–Kier alpha value is -3.26. The molecule has 0 unspecified atom stereocenters. The first-order chi connectivity index (χ1) is 17.0. The second-order valence-corrected chi connectivity index (χ2v) is 11.1. The molecule has 0 radical (unpaired) electrons. The molecule has 180 valence electrons. The number of ether oxygens (including phenoxy) is 1. The van der Waals surface area contributed by atoms with Crippen LogP contribution in [0.4, 0.5) is 10.9 Å². The lowest BCUT2D eigenvalue weighted by molar-refractivity contribution is 0.310. The van der Waals surface area contributed by atoms with Crippen molar-refractivity contribution < 1.29 is 4.74 Å². The normalized spacial score (nSPS) is 16.8. The quantitative estimate of drug-likeness (QED) is 0.408. The van der Waals surface area contributed by atoms with Gasteiger partial charge in [-0.15, -0.1) is 0 Å². The van der Waals surface area contributed by atoms with Crippen molar-refractivity contribution in [2.24, 2.45) is 5.41 Å². The van der Waals surface area contributed by atoms with Crippen molar-refractivity contribution >= 4 is 32.6 Å². The Labute approximate surface area is 209 Å². The third-order valence-electron chi connectivity index (χ3n) is 6.95. The van der Waals surface area contributed by atoms with Crippen LogP contribution in [0.5, 0.6) is 5.75 Å². The Morgan fingerprint density at radius 2 is 2.06 bits per heavy atom. The van der Waals surface area contributed by atoms with Gasteiger partial charge in [-0.2, -0.15) is 0 Å². The first kappa shape index (κ1) is 22.2. The van der Waals surface area contributed by atoms with E-state index in [4.69, 9.17) is 14.7 Å². The number of thiazole rings is 1. The predicted octanol–water partition coefficient (Wildman–Crippen LogP) is 5.49. The maximum absolute atomic E-state index is 6.16. The number of fused-ring (bicyclic) bond motifs is 3. The zero-order valence-electron chi connectivity index (χ0n) is 20.5. The molecule has 1 aromatic carbocycles. The van der Waals surface area contributed by atoms with E-state index in [0.717, 1.165) is 76.2 Å². The van der Waals surface area contributed by atoms with Crippen LogP contribution >= 0.6 is 11.3 Å². The minimum atomic E-state index is 0.272. The second-order valence-electron chi connectivity index (χ2n) is 10.2. The Morgan fingerprint density at radius 3 is 2.94 bits per heavy atom. The molecule has 6 rings (SSSR count). The van der Waals surface area contributed by atoms with E-state index in [2.05, 4.69) is 65.2 Å². The van der Waals surface area contributed by atoms with Crippen molar-refractivity contribution in [1.29, 1.82) is 0 Å². The van der Waals surface area contributed by atoms with Gasteiger partial charge >= 0.3 is 0 Å². The van der Waals surface area contributed by atoms with Crippen molar-refractivity contribution in [3.05, 3.63) is 53.6 Å². The number of rotatable bonds is 4. The van der Waals surface area contributed by atoms with Gasteiger partial charge in [-0.1, -0.05) is 31.3 Å². The minimum absolute atomic E-state index is 0.272. The standard InChI is InChI=1S/C27H30N6OS/c1-4-28-26-32-22-12-18(14-29-25(22)35-26)17-5-6-23-19(11-17)15-33(9-10-34-23)24-20-13-27(2,3)8-7-21(20)30-16-31-24/h5-6,11-12,14,16H,4,7-10,13,15H2,1-3H3,(H,28,32). The monoisotopic (exact) mass is 486 g/mol. The first-order valence-electron chi connectivity index (χ1n) is 12.3. The SMILES string of the molecule is CCNc1nc2cc(-c3ccc4c(c3)CN(c3ncnc5c3CC(C)(C)CC5)CCO4)cnc2s1. The minimum Gasteiger partial charge on any atom is -0.491 e. The molecule has 4 heterocycles. The van der Waals surface area contributed by atoms with Gasteiger partial charge in [-0.25, -0.2) is 19.9 Å².